The number of hydrogen-bond acceptors (Lipinski definition) is 14. The third-order valence-corrected chi connectivity index (χ3v) is 6.32. The van der Waals surface area contributed by atoms with Gasteiger partial charge in [-0.05, 0) is 6.92 Å². The van der Waals surface area contributed by atoms with Crippen molar-refractivity contribution in [1.82, 2.24) is 5.32 Å². The molecule has 15 heteroatoms. The molecule has 14 atom stereocenters. The molecule has 0 unspecified atom stereocenters. The molecule has 3 saturated heterocycles. The molecule has 15 nitrogen and oxygen atoms in total. The van der Waals surface area contributed by atoms with E-state index >= 15 is 0 Å². The van der Waals surface area contributed by atoms with Gasteiger partial charge in [0.1, 0.15) is 48.8 Å². The molecule has 0 radical (unpaired) electrons. The fourth-order valence-corrected chi connectivity index (χ4v) is 4.37. The van der Waals surface area contributed by atoms with Crippen molar-refractivity contribution >= 4 is 5.91 Å². The lowest BCUT2D eigenvalue weighted by molar-refractivity contribution is -0.371. The molecular formula is C20H35NO14. The highest BCUT2D eigenvalue weighted by atomic mass is 16.8. The van der Waals surface area contributed by atoms with Crippen LogP contribution in [-0.4, -0.2) is 146 Å². The van der Waals surface area contributed by atoms with Crippen LogP contribution in [0.15, 0.2) is 0 Å². The zero-order valence-corrected chi connectivity index (χ0v) is 19.2. The quantitative estimate of drug-likeness (QED) is 0.155. The summed E-state index contributed by atoms with van der Waals surface area (Å²) in [5.74, 6) is -0.581. The summed E-state index contributed by atoms with van der Waals surface area (Å²) in [6, 6.07) is -1.33. The van der Waals surface area contributed by atoms with Gasteiger partial charge in [-0.2, -0.15) is 0 Å². The lowest BCUT2D eigenvalue weighted by Gasteiger charge is -2.47. The number of ether oxygens (including phenoxy) is 5. The summed E-state index contributed by atoms with van der Waals surface area (Å²) in [6.45, 7) is 1.39. The standard InChI is InChI=1S/C20H35NO14/c1-6-12(26)14(28)15(29)19(31-6)34-16-9(25)3-8(4-22)32-20(16)35-17-10(5-23)33-18(30)11(13(17)27)21-7(2)24/h6,8-20,22-23,25-30H,3-5H2,1-2H3,(H,21,24)/t6-,8-,9-,10+,11+,12+,13+,14+,15-,16+,17+,18+,19-,20-/m0/s1. The van der Waals surface area contributed by atoms with Gasteiger partial charge in [-0.15, -0.1) is 0 Å². The summed E-state index contributed by atoms with van der Waals surface area (Å²) in [5, 5.41) is 83.4. The Bertz CT molecular complexity index is 701. The molecule has 204 valence electrons. The maximum absolute atomic E-state index is 11.5. The highest BCUT2D eigenvalue weighted by molar-refractivity contribution is 5.73. The Morgan fingerprint density at radius 3 is 2.11 bits per heavy atom. The number of aliphatic hydroxyl groups is 8. The number of carbonyl (C=O) groups is 1. The maximum Gasteiger partial charge on any atom is 0.217 e. The molecule has 0 aromatic rings. The highest BCUT2D eigenvalue weighted by Crippen LogP contribution is 2.32. The van der Waals surface area contributed by atoms with Crippen LogP contribution in [0.2, 0.25) is 0 Å². The molecule has 3 aliphatic rings. The van der Waals surface area contributed by atoms with Crippen LogP contribution in [-0.2, 0) is 28.5 Å². The molecule has 35 heavy (non-hydrogen) atoms. The molecule has 3 fully saturated rings. The van der Waals surface area contributed by atoms with E-state index in [1.165, 1.54) is 6.92 Å². The smallest absolute Gasteiger partial charge is 0.217 e. The van der Waals surface area contributed by atoms with E-state index in [1.807, 2.05) is 0 Å². The van der Waals surface area contributed by atoms with Gasteiger partial charge >= 0.3 is 0 Å². The number of amides is 1. The van der Waals surface area contributed by atoms with E-state index in [9.17, 15) is 45.6 Å². The molecule has 0 aromatic heterocycles. The van der Waals surface area contributed by atoms with Crippen molar-refractivity contribution < 1.29 is 69.3 Å². The van der Waals surface area contributed by atoms with Crippen molar-refractivity contribution in [1.29, 1.82) is 0 Å². The zero-order valence-electron chi connectivity index (χ0n) is 19.2. The number of nitrogens with one attached hydrogen (secondary N) is 1. The molecule has 0 bridgehead atoms. The van der Waals surface area contributed by atoms with Gasteiger partial charge in [0, 0.05) is 13.3 Å². The number of aliphatic hydroxyl groups excluding tert-OH is 8. The predicted molar refractivity (Wildman–Crippen MR) is 110 cm³/mol. The predicted octanol–water partition coefficient (Wildman–Crippen LogP) is -5.37. The monoisotopic (exact) mass is 513 g/mol. The topological polar surface area (TPSA) is 237 Å². The van der Waals surface area contributed by atoms with Gasteiger partial charge in [0.2, 0.25) is 5.91 Å². The van der Waals surface area contributed by atoms with Crippen molar-refractivity contribution in [3.05, 3.63) is 0 Å². The van der Waals surface area contributed by atoms with E-state index in [0.717, 1.165) is 6.92 Å². The van der Waals surface area contributed by atoms with Gasteiger partial charge in [0.05, 0.1) is 31.5 Å². The zero-order chi connectivity index (χ0) is 26.0. The van der Waals surface area contributed by atoms with Gasteiger partial charge in [-0.25, -0.2) is 0 Å². The van der Waals surface area contributed by atoms with E-state index in [1.54, 1.807) is 0 Å². The van der Waals surface area contributed by atoms with E-state index in [4.69, 9.17) is 23.7 Å². The van der Waals surface area contributed by atoms with Gasteiger partial charge in [0.25, 0.3) is 0 Å². The van der Waals surface area contributed by atoms with Crippen LogP contribution < -0.4 is 5.32 Å². The first-order valence-electron chi connectivity index (χ1n) is 11.3. The first-order valence-corrected chi connectivity index (χ1v) is 11.3. The molecule has 0 spiro atoms. The van der Waals surface area contributed by atoms with Gasteiger partial charge in [-0.1, -0.05) is 0 Å². The Labute approximate surface area is 200 Å². The Hall–Kier alpha value is -1.05. The van der Waals surface area contributed by atoms with Crippen LogP contribution >= 0.6 is 0 Å². The molecule has 0 saturated carbocycles. The molecular weight excluding hydrogens is 478 g/mol. The molecule has 1 amide bonds. The van der Waals surface area contributed by atoms with Crippen LogP contribution in [0.4, 0.5) is 0 Å². The average molecular weight is 513 g/mol. The largest absolute Gasteiger partial charge is 0.394 e. The van der Waals surface area contributed by atoms with Crippen molar-refractivity contribution in [2.24, 2.45) is 0 Å². The average Bonchev–Trinajstić information content (AvgIpc) is 2.81. The number of rotatable bonds is 7. The van der Waals surface area contributed by atoms with Crippen molar-refractivity contribution in [3.8, 4) is 0 Å². The van der Waals surface area contributed by atoms with Crippen LogP contribution in [0.3, 0.4) is 0 Å². The number of carbonyl (C=O) groups excluding carboxylic acids is 1. The van der Waals surface area contributed by atoms with Crippen LogP contribution in [0, 0.1) is 0 Å². The van der Waals surface area contributed by atoms with Crippen LogP contribution in [0.1, 0.15) is 20.3 Å². The normalized spacial score (nSPS) is 49.0. The lowest BCUT2D eigenvalue weighted by Crippen LogP contribution is -2.66. The Balaban J connectivity index is 1.82. The summed E-state index contributed by atoms with van der Waals surface area (Å²) in [5.41, 5.74) is 0. The van der Waals surface area contributed by atoms with E-state index in [2.05, 4.69) is 5.32 Å². The summed E-state index contributed by atoms with van der Waals surface area (Å²) in [4.78, 5) is 11.5. The minimum absolute atomic E-state index is 0.106. The molecule has 3 rings (SSSR count). The van der Waals surface area contributed by atoms with Crippen molar-refractivity contribution in [2.45, 2.75) is 106 Å². The second-order valence-electron chi connectivity index (χ2n) is 8.96. The Morgan fingerprint density at radius 2 is 1.51 bits per heavy atom. The van der Waals surface area contributed by atoms with Crippen molar-refractivity contribution in [3.63, 3.8) is 0 Å². The fraction of sp³-hybridized carbons (Fsp3) is 0.950. The van der Waals surface area contributed by atoms with Crippen LogP contribution in [0.5, 0.6) is 0 Å². The SMILES string of the molecule is CC(=O)N[C@@H]1[C@@H](O)[C@H](O[C@@H]2O[C@H](CO)C[C@H](O)[C@H]2O[C@@H]2O[C@@H](C)[C@@H](O)[C@@H](O)[C@@H]2O)[C@@H](CO)O[C@H]1O. The molecule has 0 aromatic carbocycles. The summed E-state index contributed by atoms with van der Waals surface area (Å²) < 4.78 is 27.8. The van der Waals surface area contributed by atoms with E-state index in [0.29, 0.717) is 0 Å². The minimum atomic E-state index is -1.70. The van der Waals surface area contributed by atoms with Gasteiger partial charge in [-0.3, -0.25) is 4.79 Å². The minimum Gasteiger partial charge on any atom is -0.394 e. The summed E-state index contributed by atoms with van der Waals surface area (Å²) in [6.07, 6.45) is -18.4. The summed E-state index contributed by atoms with van der Waals surface area (Å²) in [7, 11) is 0. The first kappa shape index (κ1) is 28.5. The molecule has 3 heterocycles. The first-order chi connectivity index (χ1) is 16.5. The second kappa shape index (κ2) is 12.0. The van der Waals surface area contributed by atoms with Gasteiger partial charge < -0.3 is 69.9 Å². The summed E-state index contributed by atoms with van der Waals surface area (Å²) >= 11 is 0. The fourth-order valence-electron chi connectivity index (χ4n) is 4.37. The second-order valence-corrected chi connectivity index (χ2v) is 8.96. The molecule has 0 aliphatic carbocycles. The third-order valence-electron chi connectivity index (χ3n) is 6.32. The Morgan fingerprint density at radius 1 is 0.857 bits per heavy atom. The van der Waals surface area contributed by atoms with E-state index in [-0.39, 0.29) is 6.42 Å². The maximum atomic E-state index is 11.5. The lowest BCUT2D eigenvalue weighted by atomic mass is 9.96. The highest BCUT2D eigenvalue weighted by Gasteiger charge is 2.51. The third kappa shape index (κ3) is 6.27. The Kier molecular flexibility index (Phi) is 9.78. The molecule has 9 N–H and O–H groups in total. The molecule has 3 aliphatic heterocycles. The van der Waals surface area contributed by atoms with Crippen molar-refractivity contribution in [2.75, 3.05) is 13.2 Å². The van der Waals surface area contributed by atoms with Crippen LogP contribution in [0.25, 0.3) is 0 Å². The van der Waals surface area contributed by atoms with Gasteiger partial charge in [0.15, 0.2) is 18.9 Å². The number of hydrogen-bond donors (Lipinski definition) is 9. The van der Waals surface area contributed by atoms with E-state index < -0.39 is 105 Å².